The number of amides is 2. The highest BCUT2D eigenvalue weighted by Gasteiger charge is 2.22. The van der Waals surface area contributed by atoms with Crippen molar-refractivity contribution in [3.8, 4) is 0 Å². The number of rotatable bonds is 6. The number of hydrogen-bond acceptors (Lipinski definition) is 3. The molecule has 0 atom stereocenters. The van der Waals surface area contributed by atoms with Crippen LogP contribution in [0.3, 0.4) is 0 Å². The van der Waals surface area contributed by atoms with Gasteiger partial charge in [0.05, 0.1) is 0 Å². The van der Waals surface area contributed by atoms with Gasteiger partial charge in [-0.1, -0.05) is 29.3 Å². The number of hydrogen-bond donors (Lipinski definition) is 1. The van der Waals surface area contributed by atoms with E-state index in [2.05, 4.69) is 28.2 Å². The van der Waals surface area contributed by atoms with Crippen molar-refractivity contribution in [1.82, 2.24) is 15.1 Å². The van der Waals surface area contributed by atoms with Crippen molar-refractivity contribution < 1.29 is 9.59 Å². The lowest BCUT2D eigenvalue weighted by Gasteiger charge is -2.30. The summed E-state index contributed by atoms with van der Waals surface area (Å²) in [4.78, 5) is 28.7. The molecule has 2 rings (SSSR count). The summed E-state index contributed by atoms with van der Waals surface area (Å²) in [5, 5.41) is 3.23. The Balaban J connectivity index is 2.04. The molecule has 0 aromatic heterocycles. The van der Waals surface area contributed by atoms with Crippen molar-refractivity contribution in [2.24, 2.45) is 0 Å². The fourth-order valence-electron chi connectivity index (χ4n) is 2.55. The Kier molecular flexibility index (Phi) is 7.05. The van der Waals surface area contributed by atoms with Crippen LogP contribution in [0.25, 0.3) is 0 Å². The number of benzene rings is 1. The SMILES string of the molecule is CCCCN(CC(=O)N1CCNCC1)C(=O)c1ccc(Br)cc1. The summed E-state index contributed by atoms with van der Waals surface area (Å²) in [5.41, 5.74) is 0.623. The van der Waals surface area contributed by atoms with Gasteiger partial charge < -0.3 is 15.1 Å². The Morgan fingerprint density at radius 3 is 2.48 bits per heavy atom. The fourth-order valence-corrected chi connectivity index (χ4v) is 2.82. The minimum atomic E-state index is -0.0746. The average molecular weight is 382 g/mol. The van der Waals surface area contributed by atoms with Gasteiger partial charge in [0.15, 0.2) is 0 Å². The molecule has 1 heterocycles. The van der Waals surface area contributed by atoms with Gasteiger partial charge in [-0.2, -0.15) is 0 Å². The van der Waals surface area contributed by atoms with Crippen molar-refractivity contribution in [3.63, 3.8) is 0 Å². The van der Waals surface area contributed by atoms with Gasteiger partial charge >= 0.3 is 0 Å². The first-order valence-corrected chi connectivity index (χ1v) is 8.94. The maximum Gasteiger partial charge on any atom is 0.254 e. The van der Waals surface area contributed by atoms with E-state index < -0.39 is 0 Å². The van der Waals surface area contributed by atoms with E-state index in [0.717, 1.165) is 30.4 Å². The Morgan fingerprint density at radius 1 is 1.22 bits per heavy atom. The highest BCUT2D eigenvalue weighted by molar-refractivity contribution is 9.10. The molecular formula is C17H24BrN3O2. The second-order valence-corrected chi connectivity index (χ2v) is 6.63. The normalized spacial score (nSPS) is 14.6. The molecule has 0 spiro atoms. The lowest BCUT2D eigenvalue weighted by molar-refractivity contribution is -0.132. The number of nitrogens with one attached hydrogen (secondary N) is 1. The first-order valence-electron chi connectivity index (χ1n) is 8.15. The summed E-state index contributed by atoms with van der Waals surface area (Å²) < 4.78 is 0.936. The van der Waals surface area contributed by atoms with Gasteiger partial charge in [0, 0.05) is 42.8 Å². The molecule has 1 N–H and O–H groups in total. The van der Waals surface area contributed by atoms with Gasteiger partial charge in [-0.25, -0.2) is 0 Å². The predicted molar refractivity (Wildman–Crippen MR) is 94.4 cm³/mol. The van der Waals surface area contributed by atoms with Crippen molar-refractivity contribution >= 4 is 27.7 Å². The molecule has 0 unspecified atom stereocenters. The zero-order valence-electron chi connectivity index (χ0n) is 13.6. The third-order valence-corrected chi connectivity index (χ3v) is 4.48. The second kappa shape index (κ2) is 9.03. The third kappa shape index (κ3) is 5.32. The van der Waals surface area contributed by atoms with E-state index >= 15 is 0 Å². The zero-order chi connectivity index (χ0) is 16.7. The highest BCUT2D eigenvalue weighted by Crippen LogP contribution is 2.13. The van der Waals surface area contributed by atoms with Crippen molar-refractivity contribution in [1.29, 1.82) is 0 Å². The van der Waals surface area contributed by atoms with Crippen LogP contribution in [0.2, 0.25) is 0 Å². The van der Waals surface area contributed by atoms with Gasteiger partial charge in [-0.15, -0.1) is 0 Å². The number of carbonyl (C=O) groups is 2. The molecular weight excluding hydrogens is 358 g/mol. The summed E-state index contributed by atoms with van der Waals surface area (Å²) in [6.07, 6.45) is 1.89. The van der Waals surface area contributed by atoms with Crippen molar-refractivity contribution in [2.75, 3.05) is 39.3 Å². The first-order chi connectivity index (χ1) is 11.1. The molecule has 1 aromatic rings. The van der Waals surface area contributed by atoms with E-state index in [1.807, 2.05) is 17.0 Å². The summed E-state index contributed by atoms with van der Waals surface area (Å²) >= 11 is 3.37. The smallest absolute Gasteiger partial charge is 0.254 e. The average Bonchev–Trinajstić information content (AvgIpc) is 2.59. The summed E-state index contributed by atoms with van der Waals surface area (Å²) in [6.45, 7) is 5.93. The largest absolute Gasteiger partial charge is 0.339 e. The van der Waals surface area contributed by atoms with Crippen LogP contribution in [-0.4, -0.2) is 60.9 Å². The number of unbranched alkanes of at least 4 members (excludes halogenated alkanes) is 1. The highest BCUT2D eigenvalue weighted by atomic mass is 79.9. The predicted octanol–water partition coefficient (Wildman–Crippen LogP) is 2.12. The van der Waals surface area contributed by atoms with Crippen LogP contribution in [0, 0.1) is 0 Å². The maximum atomic E-state index is 12.7. The van der Waals surface area contributed by atoms with Gasteiger partial charge in [0.2, 0.25) is 5.91 Å². The molecule has 0 aliphatic carbocycles. The van der Waals surface area contributed by atoms with E-state index in [1.54, 1.807) is 17.0 Å². The van der Waals surface area contributed by atoms with E-state index in [1.165, 1.54) is 0 Å². The standard InChI is InChI=1S/C17H24BrN3O2/c1-2-3-10-21(13-16(22)20-11-8-19-9-12-20)17(23)14-4-6-15(18)7-5-14/h4-7,19H,2-3,8-13H2,1H3. The van der Waals surface area contributed by atoms with Crippen LogP contribution in [-0.2, 0) is 4.79 Å². The van der Waals surface area contributed by atoms with Crippen LogP contribution in [0.1, 0.15) is 30.1 Å². The van der Waals surface area contributed by atoms with Gasteiger partial charge in [0.1, 0.15) is 6.54 Å². The Labute approximate surface area is 146 Å². The number of carbonyl (C=O) groups excluding carboxylic acids is 2. The van der Waals surface area contributed by atoms with Gasteiger partial charge in [-0.05, 0) is 30.7 Å². The summed E-state index contributed by atoms with van der Waals surface area (Å²) in [6, 6.07) is 7.29. The molecule has 126 valence electrons. The fraction of sp³-hybridized carbons (Fsp3) is 0.529. The molecule has 0 saturated carbocycles. The van der Waals surface area contributed by atoms with Crippen LogP contribution >= 0.6 is 15.9 Å². The van der Waals surface area contributed by atoms with Gasteiger partial charge in [-0.3, -0.25) is 9.59 Å². The van der Waals surface area contributed by atoms with Crippen molar-refractivity contribution in [2.45, 2.75) is 19.8 Å². The molecule has 0 radical (unpaired) electrons. The Bertz CT molecular complexity index is 527. The number of piperazine rings is 1. The molecule has 2 amide bonds. The van der Waals surface area contributed by atoms with E-state index in [-0.39, 0.29) is 18.4 Å². The Hall–Kier alpha value is -1.40. The second-order valence-electron chi connectivity index (χ2n) is 5.72. The number of halogens is 1. The molecule has 5 nitrogen and oxygen atoms in total. The van der Waals surface area contributed by atoms with Gasteiger partial charge in [0.25, 0.3) is 5.91 Å². The minimum Gasteiger partial charge on any atom is -0.339 e. The molecule has 1 aliphatic rings. The molecule has 1 aromatic carbocycles. The maximum absolute atomic E-state index is 12.7. The van der Waals surface area contributed by atoms with E-state index in [4.69, 9.17) is 0 Å². The zero-order valence-corrected chi connectivity index (χ0v) is 15.1. The molecule has 1 aliphatic heterocycles. The topological polar surface area (TPSA) is 52.7 Å². The monoisotopic (exact) mass is 381 g/mol. The quantitative estimate of drug-likeness (QED) is 0.820. The van der Waals surface area contributed by atoms with Crippen LogP contribution in [0.5, 0.6) is 0 Å². The van der Waals surface area contributed by atoms with Crippen LogP contribution in [0.4, 0.5) is 0 Å². The van der Waals surface area contributed by atoms with E-state index in [9.17, 15) is 9.59 Å². The molecule has 1 saturated heterocycles. The molecule has 1 fully saturated rings. The molecule has 23 heavy (non-hydrogen) atoms. The minimum absolute atomic E-state index is 0.0352. The first kappa shape index (κ1) is 17.9. The molecule has 0 bridgehead atoms. The lowest BCUT2D eigenvalue weighted by atomic mass is 10.2. The number of nitrogens with zero attached hydrogens (tertiary/aromatic N) is 2. The third-order valence-electron chi connectivity index (χ3n) is 3.96. The Morgan fingerprint density at radius 2 is 1.87 bits per heavy atom. The van der Waals surface area contributed by atoms with Crippen LogP contribution in [0.15, 0.2) is 28.7 Å². The summed E-state index contributed by atoms with van der Waals surface area (Å²) in [5.74, 6) is -0.0394. The van der Waals surface area contributed by atoms with Crippen molar-refractivity contribution in [3.05, 3.63) is 34.3 Å². The molecule has 6 heteroatoms. The van der Waals surface area contributed by atoms with E-state index in [0.29, 0.717) is 25.2 Å². The lowest BCUT2D eigenvalue weighted by Crippen LogP contribution is -2.50. The summed E-state index contributed by atoms with van der Waals surface area (Å²) in [7, 11) is 0. The van der Waals surface area contributed by atoms with Crippen LogP contribution < -0.4 is 5.32 Å².